The Kier molecular flexibility index (Phi) is 8.94. The number of carbonyl (C=O) groups is 1. The lowest BCUT2D eigenvalue weighted by Gasteiger charge is -2.32. The number of nitrogens with two attached hydrogens (primary N) is 1. The third kappa shape index (κ3) is 6.26. The van der Waals surface area contributed by atoms with Crippen LogP contribution in [0.25, 0.3) is 0 Å². The Balaban J connectivity index is 1.41. The molecule has 0 radical (unpaired) electrons. The summed E-state index contributed by atoms with van der Waals surface area (Å²) in [6.45, 7) is 3.71. The van der Waals surface area contributed by atoms with Crippen LogP contribution in [0.15, 0.2) is 66.7 Å². The van der Waals surface area contributed by atoms with Crippen molar-refractivity contribution in [3.8, 4) is 5.75 Å². The lowest BCUT2D eigenvalue weighted by Crippen LogP contribution is -2.45. The molecule has 228 valence electrons. The fourth-order valence-electron chi connectivity index (χ4n) is 6.69. The number of likely N-dealkylation sites (tertiary alicyclic amines) is 1. The van der Waals surface area contributed by atoms with Crippen LogP contribution in [0.4, 0.5) is 10.1 Å². The van der Waals surface area contributed by atoms with E-state index in [0.29, 0.717) is 42.7 Å². The Bertz CT molecular complexity index is 1480. The second-order valence-electron chi connectivity index (χ2n) is 11.5. The summed E-state index contributed by atoms with van der Waals surface area (Å²) >= 11 is 12.5. The zero-order valence-corrected chi connectivity index (χ0v) is 25.2. The summed E-state index contributed by atoms with van der Waals surface area (Å²) in [5.74, 6) is -0.582. The zero-order valence-electron chi connectivity index (χ0n) is 23.7. The van der Waals surface area contributed by atoms with Gasteiger partial charge in [-0.25, -0.2) is 4.39 Å². The van der Waals surface area contributed by atoms with Crippen LogP contribution in [0.1, 0.15) is 30.4 Å². The molecule has 3 aromatic carbocycles. The van der Waals surface area contributed by atoms with Gasteiger partial charge in [0.2, 0.25) is 5.91 Å². The highest BCUT2D eigenvalue weighted by atomic mass is 35.5. The van der Waals surface area contributed by atoms with Gasteiger partial charge in [0, 0.05) is 35.6 Å². The number of fused-ring (bicyclic) bond motifs is 1. The molecule has 1 saturated carbocycles. The van der Waals surface area contributed by atoms with Gasteiger partial charge in [0.05, 0.1) is 17.7 Å². The van der Waals surface area contributed by atoms with Crippen molar-refractivity contribution in [2.24, 2.45) is 17.6 Å². The van der Waals surface area contributed by atoms with Crippen molar-refractivity contribution < 1.29 is 23.8 Å². The maximum absolute atomic E-state index is 15.9. The third-order valence-electron chi connectivity index (χ3n) is 8.68. The van der Waals surface area contributed by atoms with Gasteiger partial charge in [0.25, 0.3) is 0 Å². The van der Waals surface area contributed by atoms with Crippen LogP contribution in [0, 0.1) is 17.7 Å². The summed E-state index contributed by atoms with van der Waals surface area (Å²) in [5, 5.41) is 13.4. The van der Waals surface area contributed by atoms with Gasteiger partial charge in [-0.1, -0.05) is 53.5 Å². The SMILES string of the molecule is CCOc1cccc(CN2C3OCN(CC4CC4C(N)O)C3C(c3cccc(Cl)c3F)C2C(=O)Nc2cccc(Cl)c2)c1. The van der Waals surface area contributed by atoms with Crippen LogP contribution in [0.5, 0.6) is 5.75 Å². The predicted octanol–water partition coefficient (Wildman–Crippen LogP) is 5.04. The highest BCUT2D eigenvalue weighted by Crippen LogP contribution is 2.49. The number of amides is 1. The second-order valence-corrected chi connectivity index (χ2v) is 12.3. The van der Waals surface area contributed by atoms with Crippen molar-refractivity contribution >= 4 is 34.8 Å². The molecule has 1 amide bonds. The number of hydrogen-bond acceptors (Lipinski definition) is 7. The summed E-state index contributed by atoms with van der Waals surface area (Å²) in [6.07, 6.45) is -0.609. The Labute approximate surface area is 260 Å². The Morgan fingerprint density at radius 1 is 1.19 bits per heavy atom. The lowest BCUT2D eigenvalue weighted by molar-refractivity contribution is -0.124. The van der Waals surface area contributed by atoms with Gasteiger partial charge in [-0.05, 0) is 66.8 Å². The van der Waals surface area contributed by atoms with Crippen LogP contribution < -0.4 is 15.8 Å². The number of aliphatic hydroxyl groups is 1. The van der Waals surface area contributed by atoms with Gasteiger partial charge >= 0.3 is 0 Å². The molecule has 43 heavy (non-hydrogen) atoms. The van der Waals surface area contributed by atoms with Crippen molar-refractivity contribution in [1.82, 2.24) is 9.80 Å². The monoisotopic (exact) mass is 628 g/mol. The number of anilines is 1. The number of benzene rings is 3. The van der Waals surface area contributed by atoms with E-state index in [1.165, 1.54) is 6.07 Å². The first-order valence-corrected chi connectivity index (χ1v) is 15.3. The third-order valence-corrected chi connectivity index (χ3v) is 9.21. The smallest absolute Gasteiger partial charge is 0.242 e. The van der Waals surface area contributed by atoms with E-state index in [-0.39, 0.29) is 28.8 Å². The maximum Gasteiger partial charge on any atom is 0.242 e. The second kappa shape index (κ2) is 12.7. The van der Waals surface area contributed by atoms with Crippen molar-refractivity contribution in [1.29, 1.82) is 0 Å². The van der Waals surface area contributed by atoms with Crippen molar-refractivity contribution in [2.75, 3.05) is 25.2 Å². The van der Waals surface area contributed by atoms with E-state index in [0.717, 1.165) is 17.7 Å². The van der Waals surface area contributed by atoms with Gasteiger partial charge in [0.15, 0.2) is 0 Å². The van der Waals surface area contributed by atoms with Crippen molar-refractivity contribution in [3.63, 3.8) is 0 Å². The quantitative estimate of drug-likeness (QED) is 0.271. The molecule has 6 rings (SSSR count). The number of rotatable bonds is 10. The number of ether oxygens (including phenoxy) is 2. The molecule has 11 heteroatoms. The Hall–Kier alpha value is -2.76. The normalized spacial score (nSPS) is 27.6. The highest BCUT2D eigenvalue weighted by Gasteiger charge is 2.59. The molecule has 7 atom stereocenters. The molecule has 0 spiro atoms. The number of nitrogens with zero attached hydrogens (tertiary/aromatic N) is 2. The van der Waals surface area contributed by atoms with E-state index in [9.17, 15) is 9.90 Å². The fourth-order valence-corrected chi connectivity index (χ4v) is 7.06. The molecule has 0 aromatic heterocycles. The van der Waals surface area contributed by atoms with E-state index in [1.54, 1.807) is 36.4 Å². The van der Waals surface area contributed by atoms with Crippen LogP contribution in [0.2, 0.25) is 10.0 Å². The van der Waals surface area contributed by atoms with E-state index in [1.807, 2.05) is 36.1 Å². The summed E-state index contributed by atoms with van der Waals surface area (Å²) in [4.78, 5) is 18.4. The number of nitrogens with one attached hydrogen (secondary N) is 1. The van der Waals surface area contributed by atoms with Crippen LogP contribution in [0.3, 0.4) is 0 Å². The molecule has 2 heterocycles. The standard InChI is InChI=1S/C32H35Cl2FN4O4/c1-2-42-22-9-3-6-18(12-22)15-39-28(31(41)37-21-8-4-7-20(33)14-21)26(23-10-5-11-25(34)27(23)35)29-32(39)43-17-38(29)16-19-13-24(19)30(36)40/h3-12,14,19,24,26,28-30,32,40H,2,13,15-17,36H2,1H3,(H,37,41). The topological polar surface area (TPSA) is 100 Å². The maximum atomic E-state index is 15.9. The molecule has 3 aliphatic rings. The minimum absolute atomic E-state index is 0.00106. The van der Waals surface area contributed by atoms with Crippen LogP contribution in [-0.2, 0) is 16.1 Å². The number of halogens is 3. The van der Waals surface area contributed by atoms with E-state index in [4.69, 9.17) is 38.4 Å². The molecule has 3 fully saturated rings. The number of hydrogen-bond donors (Lipinski definition) is 3. The minimum Gasteiger partial charge on any atom is -0.494 e. The molecular weight excluding hydrogens is 594 g/mol. The van der Waals surface area contributed by atoms with E-state index >= 15 is 4.39 Å². The zero-order chi connectivity index (χ0) is 30.2. The lowest BCUT2D eigenvalue weighted by atomic mass is 9.86. The molecular formula is C32H35Cl2FN4O4. The average Bonchev–Trinajstić information content (AvgIpc) is 3.53. The minimum atomic E-state index is -0.889. The van der Waals surface area contributed by atoms with Gasteiger partial charge in [0.1, 0.15) is 36.8 Å². The molecule has 7 unspecified atom stereocenters. The first-order chi connectivity index (χ1) is 20.7. The van der Waals surface area contributed by atoms with Crippen LogP contribution in [-0.4, -0.2) is 65.2 Å². The first kappa shape index (κ1) is 30.3. The van der Waals surface area contributed by atoms with Gasteiger partial charge in [-0.3, -0.25) is 14.6 Å². The van der Waals surface area contributed by atoms with Gasteiger partial charge in [-0.15, -0.1) is 0 Å². The molecule has 0 bridgehead atoms. The predicted molar refractivity (Wildman–Crippen MR) is 163 cm³/mol. The van der Waals surface area contributed by atoms with Gasteiger partial charge in [-0.2, -0.15) is 0 Å². The molecule has 4 N–H and O–H groups in total. The van der Waals surface area contributed by atoms with E-state index < -0.39 is 30.2 Å². The summed E-state index contributed by atoms with van der Waals surface area (Å²) in [5.41, 5.74) is 7.58. The first-order valence-electron chi connectivity index (χ1n) is 14.5. The number of carbonyl (C=O) groups excluding carboxylic acids is 1. The van der Waals surface area contributed by atoms with Crippen LogP contribution >= 0.6 is 23.2 Å². The Morgan fingerprint density at radius 2 is 1.98 bits per heavy atom. The molecule has 1 aliphatic carbocycles. The molecule has 2 saturated heterocycles. The Morgan fingerprint density at radius 3 is 2.72 bits per heavy atom. The van der Waals surface area contributed by atoms with Gasteiger partial charge < -0.3 is 25.6 Å². The highest BCUT2D eigenvalue weighted by molar-refractivity contribution is 6.31. The molecule has 8 nitrogen and oxygen atoms in total. The molecule has 3 aromatic rings. The summed E-state index contributed by atoms with van der Waals surface area (Å²) < 4.78 is 28.0. The molecule has 2 aliphatic heterocycles. The van der Waals surface area contributed by atoms with Crippen molar-refractivity contribution in [2.45, 2.75) is 50.3 Å². The largest absolute Gasteiger partial charge is 0.494 e. The fraction of sp³-hybridized carbons (Fsp3) is 0.406. The summed E-state index contributed by atoms with van der Waals surface area (Å²) in [6, 6.07) is 18.4. The van der Waals surface area contributed by atoms with E-state index in [2.05, 4.69) is 10.2 Å². The summed E-state index contributed by atoms with van der Waals surface area (Å²) in [7, 11) is 0. The average molecular weight is 630 g/mol. The number of aliphatic hydroxyl groups excluding tert-OH is 1. The van der Waals surface area contributed by atoms with Crippen molar-refractivity contribution in [3.05, 3.63) is 93.7 Å².